The predicted octanol–water partition coefficient (Wildman–Crippen LogP) is 3.92. The molecule has 0 bridgehead atoms. The Bertz CT molecular complexity index is 539. The van der Waals surface area contributed by atoms with E-state index in [1.54, 1.807) is 17.8 Å². The molecular formula is C12H12BrFN2S. The average molecular weight is 315 g/mol. The SMILES string of the molecule is Cc1cc(SCc2ccc(F)cc2Br)n(C)n1. The third-order valence-corrected chi connectivity index (χ3v) is 4.22. The first-order chi connectivity index (χ1) is 8.06. The molecule has 0 atom stereocenters. The van der Waals surface area contributed by atoms with Crippen molar-refractivity contribution in [3.8, 4) is 0 Å². The number of thioether (sulfide) groups is 1. The highest BCUT2D eigenvalue weighted by molar-refractivity contribution is 9.10. The van der Waals surface area contributed by atoms with E-state index in [4.69, 9.17) is 0 Å². The zero-order chi connectivity index (χ0) is 12.4. The molecule has 0 aliphatic carbocycles. The number of hydrogen-bond acceptors (Lipinski definition) is 2. The predicted molar refractivity (Wildman–Crippen MR) is 71.6 cm³/mol. The Kier molecular flexibility index (Phi) is 3.89. The molecule has 90 valence electrons. The number of aryl methyl sites for hydroxylation is 2. The molecule has 0 aliphatic rings. The van der Waals surface area contributed by atoms with Gasteiger partial charge in [0.2, 0.25) is 0 Å². The minimum atomic E-state index is -0.220. The van der Waals surface area contributed by atoms with Crippen molar-refractivity contribution in [1.29, 1.82) is 0 Å². The molecule has 0 amide bonds. The van der Waals surface area contributed by atoms with Crippen LogP contribution in [0.15, 0.2) is 33.8 Å². The van der Waals surface area contributed by atoms with Crippen LogP contribution >= 0.6 is 27.7 Å². The topological polar surface area (TPSA) is 17.8 Å². The van der Waals surface area contributed by atoms with E-state index in [2.05, 4.69) is 21.0 Å². The largest absolute Gasteiger partial charge is 0.262 e. The fraction of sp³-hybridized carbons (Fsp3) is 0.250. The van der Waals surface area contributed by atoms with E-state index < -0.39 is 0 Å². The van der Waals surface area contributed by atoms with Crippen molar-refractivity contribution in [1.82, 2.24) is 9.78 Å². The fourth-order valence-electron chi connectivity index (χ4n) is 1.51. The summed E-state index contributed by atoms with van der Waals surface area (Å²) in [6, 6.07) is 6.82. The molecule has 2 rings (SSSR count). The summed E-state index contributed by atoms with van der Waals surface area (Å²) in [5.41, 5.74) is 2.09. The summed E-state index contributed by atoms with van der Waals surface area (Å²) in [6.07, 6.45) is 0. The van der Waals surface area contributed by atoms with E-state index >= 15 is 0 Å². The van der Waals surface area contributed by atoms with Crippen molar-refractivity contribution in [2.45, 2.75) is 17.7 Å². The van der Waals surface area contributed by atoms with E-state index in [9.17, 15) is 4.39 Å². The lowest BCUT2D eigenvalue weighted by Crippen LogP contribution is -1.93. The van der Waals surface area contributed by atoms with Gasteiger partial charge in [0.1, 0.15) is 5.82 Å². The Morgan fingerprint density at radius 2 is 2.18 bits per heavy atom. The number of rotatable bonds is 3. The second-order valence-electron chi connectivity index (χ2n) is 3.77. The summed E-state index contributed by atoms with van der Waals surface area (Å²) in [7, 11) is 1.93. The van der Waals surface area contributed by atoms with Gasteiger partial charge in [0.05, 0.1) is 10.7 Å². The van der Waals surface area contributed by atoms with Crippen LogP contribution in [0, 0.1) is 12.7 Å². The summed E-state index contributed by atoms with van der Waals surface area (Å²) in [4.78, 5) is 0. The van der Waals surface area contributed by atoms with Gasteiger partial charge in [-0.1, -0.05) is 22.0 Å². The Balaban J connectivity index is 2.10. The van der Waals surface area contributed by atoms with Gasteiger partial charge < -0.3 is 0 Å². The Morgan fingerprint density at radius 1 is 1.41 bits per heavy atom. The maximum absolute atomic E-state index is 12.9. The first-order valence-corrected chi connectivity index (χ1v) is 6.91. The van der Waals surface area contributed by atoms with Crippen molar-refractivity contribution in [2.75, 3.05) is 0 Å². The highest BCUT2D eigenvalue weighted by Gasteiger charge is 2.06. The molecule has 17 heavy (non-hydrogen) atoms. The van der Waals surface area contributed by atoms with Crippen LogP contribution in [0.4, 0.5) is 4.39 Å². The summed E-state index contributed by atoms with van der Waals surface area (Å²) in [5.74, 6) is 0.571. The molecule has 0 saturated heterocycles. The van der Waals surface area contributed by atoms with Crippen LogP contribution in [0.5, 0.6) is 0 Å². The third-order valence-electron chi connectivity index (χ3n) is 2.35. The van der Waals surface area contributed by atoms with Gasteiger partial charge in [-0.3, -0.25) is 4.68 Å². The molecule has 0 N–H and O–H groups in total. The number of halogens is 2. The van der Waals surface area contributed by atoms with E-state index in [-0.39, 0.29) is 5.82 Å². The van der Waals surface area contributed by atoms with E-state index in [1.165, 1.54) is 12.1 Å². The Morgan fingerprint density at radius 3 is 2.76 bits per heavy atom. The minimum absolute atomic E-state index is 0.220. The van der Waals surface area contributed by atoms with E-state index in [0.29, 0.717) is 0 Å². The standard InChI is InChI=1S/C12H12BrFN2S/c1-8-5-12(16(2)15-8)17-7-9-3-4-10(14)6-11(9)13/h3-6H,7H2,1-2H3. The van der Waals surface area contributed by atoms with Crippen molar-refractivity contribution in [2.24, 2.45) is 7.05 Å². The molecule has 1 aromatic heterocycles. The van der Waals surface area contributed by atoms with Gasteiger partial charge in [0.15, 0.2) is 0 Å². The number of hydrogen-bond donors (Lipinski definition) is 0. The third kappa shape index (κ3) is 3.10. The van der Waals surface area contributed by atoms with Crippen molar-refractivity contribution in [3.05, 3.63) is 45.8 Å². The van der Waals surface area contributed by atoms with Crippen molar-refractivity contribution >= 4 is 27.7 Å². The highest BCUT2D eigenvalue weighted by atomic mass is 79.9. The lowest BCUT2D eigenvalue weighted by molar-refractivity contribution is 0.626. The molecule has 5 heteroatoms. The molecule has 1 aromatic carbocycles. The molecule has 2 nitrogen and oxygen atoms in total. The Labute approximate surface area is 112 Å². The van der Waals surface area contributed by atoms with Crippen LogP contribution in [0.3, 0.4) is 0 Å². The van der Waals surface area contributed by atoms with Gasteiger partial charge in [-0.05, 0) is 30.7 Å². The van der Waals surface area contributed by atoms with Gasteiger partial charge >= 0.3 is 0 Å². The van der Waals surface area contributed by atoms with E-state index in [1.807, 2.05) is 24.7 Å². The lowest BCUT2D eigenvalue weighted by atomic mass is 10.2. The van der Waals surface area contributed by atoms with Crippen LogP contribution in [0.25, 0.3) is 0 Å². The van der Waals surface area contributed by atoms with E-state index in [0.717, 1.165) is 26.5 Å². The maximum atomic E-state index is 12.9. The molecule has 0 fully saturated rings. The maximum Gasteiger partial charge on any atom is 0.124 e. The molecule has 0 aliphatic heterocycles. The molecule has 1 heterocycles. The fourth-order valence-corrected chi connectivity index (χ4v) is 3.23. The smallest absolute Gasteiger partial charge is 0.124 e. The zero-order valence-electron chi connectivity index (χ0n) is 9.58. The molecular weight excluding hydrogens is 303 g/mol. The second kappa shape index (κ2) is 5.23. The summed E-state index contributed by atoms with van der Waals surface area (Å²) >= 11 is 5.06. The van der Waals surface area contributed by atoms with Crippen molar-refractivity contribution < 1.29 is 4.39 Å². The van der Waals surface area contributed by atoms with Gasteiger partial charge in [-0.2, -0.15) is 5.10 Å². The van der Waals surface area contributed by atoms with Gasteiger partial charge in [0.25, 0.3) is 0 Å². The molecule has 0 radical (unpaired) electrons. The monoisotopic (exact) mass is 314 g/mol. The summed E-state index contributed by atoms with van der Waals surface area (Å²) < 4.78 is 15.6. The normalized spacial score (nSPS) is 10.8. The summed E-state index contributed by atoms with van der Waals surface area (Å²) in [6.45, 7) is 1.97. The quantitative estimate of drug-likeness (QED) is 0.799. The first kappa shape index (κ1) is 12.6. The molecule has 0 spiro atoms. The number of aromatic nitrogens is 2. The molecule has 2 aromatic rings. The summed E-state index contributed by atoms with van der Waals surface area (Å²) in [5, 5.41) is 5.39. The lowest BCUT2D eigenvalue weighted by Gasteiger charge is -2.04. The van der Waals surface area contributed by atoms with Crippen LogP contribution in [-0.2, 0) is 12.8 Å². The number of nitrogens with zero attached hydrogens (tertiary/aromatic N) is 2. The minimum Gasteiger partial charge on any atom is -0.262 e. The molecule has 0 saturated carbocycles. The van der Waals surface area contributed by atoms with Crippen LogP contribution in [-0.4, -0.2) is 9.78 Å². The van der Waals surface area contributed by atoms with Crippen LogP contribution in [0.2, 0.25) is 0 Å². The van der Waals surface area contributed by atoms with Gasteiger partial charge in [-0.25, -0.2) is 4.39 Å². The van der Waals surface area contributed by atoms with Gasteiger partial charge in [0, 0.05) is 17.3 Å². The van der Waals surface area contributed by atoms with Crippen molar-refractivity contribution in [3.63, 3.8) is 0 Å². The number of benzene rings is 1. The average Bonchev–Trinajstić information content (AvgIpc) is 2.56. The molecule has 0 unspecified atom stereocenters. The zero-order valence-corrected chi connectivity index (χ0v) is 12.0. The first-order valence-electron chi connectivity index (χ1n) is 5.13. The van der Waals surface area contributed by atoms with Gasteiger partial charge in [-0.15, -0.1) is 11.8 Å². The highest BCUT2D eigenvalue weighted by Crippen LogP contribution is 2.27. The van der Waals surface area contributed by atoms with Crippen LogP contribution < -0.4 is 0 Å². The Hall–Kier alpha value is -0.810. The van der Waals surface area contributed by atoms with Crippen LogP contribution in [0.1, 0.15) is 11.3 Å². The second-order valence-corrected chi connectivity index (χ2v) is 5.62.